The van der Waals surface area contributed by atoms with E-state index in [1.165, 1.54) is 38.9 Å². The first-order valence-corrected chi connectivity index (χ1v) is 20.7. The van der Waals surface area contributed by atoms with E-state index in [9.17, 15) is 0 Å². The molecule has 284 valence electrons. The first kappa shape index (κ1) is 34.4. The summed E-state index contributed by atoms with van der Waals surface area (Å²) in [4.78, 5) is 2.44. The molecule has 0 spiro atoms. The Morgan fingerprint density at radius 1 is 0.350 bits per heavy atom. The molecule has 60 heavy (non-hydrogen) atoms. The highest BCUT2D eigenvalue weighted by Gasteiger charge is 2.36. The van der Waals surface area contributed by atoms with Crippen LogP contribution in [0.25, 0.3) is 88.4 Å². The lowest BCUT2D eigenvalue weighted by Gasteiger charge is -2.30. The van der Waals surface area contributed by atoms with Gasteiger partial charge >= 0.3 is 0 Å². The number of furan rings is 2. The SMILES string of the molecule is CC1(C)c2ccccc2-c2ccc(N(c3ccccc3-c3ccc(-c4ccccc4)cc3)c3cccc4oc5cc6c(cc5c34)oc3ccc(-c4ccccc4)cc36)cc21. The maximum Gasteiger partial charge on any atom is 0.137 e. The Hall–Kier alpha value is -7.62. The van der Waals surface area contributed by atoms with Gasteiger partial charge < -0.3 is 13.7 Å². The monoisotopic (exact) mass is 769 g/mol. The third-order valence-electron chi connectivity index (χ3n) is 12.7. The van der Waals surface area contributed by atoms with Crippen LogP contribution in [0.15, 0.2) is 209 Å². The molecular formula is C57H39NO2. The Morgan fingerprint density at radius 2 is 0.917 bits per heavy atom. The van der Waals surface area contributed by atoms with Crippen molar-refractivity contribution in [2.24, 2.45) is 0 Å². The summed E-state index contributed by atoms with van der Waals surface area (Å²) in [6.45, 7) is 4.69. The summed E-state index contributed by atoms with van der Waals surface area (Å²) >= 11 is 0. The molecule has 11 aromatic rings. The van der Waals surface area contributed by atoms with E-state index in [1.807, 2.05) is 0 Å². The molecule has 0 unspecified atom stereocenters. The summed E-state index contributed by atoms with van der Waals surface area (Å²) in [6, 6.07) is 71.9. The predicted octanol–water partition coefficient (Wildman–Crippen LogP) is 16.3. The van der Waals surface area contributed by atoms with Gasteiger partial charge in [-0.05, 0) is 105 Å². The quantitative estimate of drug-likeness (QED) is 0.169. The third-order valence-corrected chi connectivity index (χ3v) is 12.7. The zero-order chi connectivity index (χ0) is 40.0. The average molecular weight is 770 g/mol. The van der Waals surface area contributed by atoms with Gasteiger partial charge in [-0.15, -0.1) is 0 Å². The number of hydrogen-bond acceptors (Lipinski definition) is 3. The number of hydrogen-bond donors (Lipinski definition) is 0. The standard InChI is InChI=1S/C57H39NO2/c1-57(2)48-20-11-9-19-43(48)44-30-29-41(33-49(44)57)58(50-21-12-10-18-42(50)39-26-24-38(25-27-39)36-14-5-3-6-15-36)51-22-13-23-53-56(51)47-35-54-46(34-55(47)60-53)45-32-40(28-31-52(45)59-54)37-16-7-4-8-17-37/h3-35H,1-2H3. The van der Waals surface area contributed by atoms with Gasteiger partial charge in [0.1, 0.15) is 22.3 Å². The fourth-order valence-electron chi connectivity index (χ4n) is 9.70. The van der Waals surface area contributed by atoms with Crippen molar-refractivity contribution < 1.29 is 8.83 Å². The van der Waals surface area contributed by atoms with Crippen molar-refractivity contribution in [1.82, 2.24) is 0 Å². The van der Waals surface area contributed by atoms with Crippen molar-refractivity contribution in [3.05, 3.63) is 211 Å². The molecule has 2 aromatic heterocycles. The Labute approximate surface area is 348 Å². The van der Waals surface area contributed by atoms with E-state index in [0.717, 1.165) is 77.6 Å². The lowest BCUT2D eigenvalue weighted by molar-refractivity contribution is 0.660. The molecule has 3 nitrogen and oxygen atoms in total. The molecule has 0 fully saturated rings. The van der Waals surface area contributed by atoms with Crippen molar-refractivity contribution in [2.75, 3.05) is 4.90 Å². The van der Waals surface area contributed by atoms with Gasteiger partial charge in [-0.3, -0.25) is 0 Å². The normalized spacial score (nSPS) is 13.0. The van der Waals surface area contributed by atoms with E-state index in [-0.39, 0.29) is 5.41 Å². The van der Waals surface area contributed by atoms with Crippen LogP contribution in [0.1, 0.15) is 25.0 Å². The Bertz CT molecular complexity index is 3450. The van der Waals surface area contributed by atoms with Crippen LogP contribution >= 0.6 is 0 Å². The van der Waals surface area contributed by atoms with E-state index in [4.69, 9.17) is 8.83 Å². The molecule has 0 atom stereocenters. The molecule has 2 heterocycles. The summed E-state index contributed by atoms with van der Waals surface area (Å²) in [7, 11) is 0. The van der Waals surface area contributed by atoms with Crippen LogP contribution in [0, 0.1) is 0 Å². The van der Waals surface area contributed by atoms with Gasteiger partial charge in [-0.1, -0.05) is 159 Å². The number of rotatable bonds is 6. The molecule has 0 N–H and O–H groups in total. The summed E-state index contributed by atoms with van der Waals surface area (Å²) < 4.78 is 13.4. The summed E-state index contributed by atoms with van der Waals surface area (Å²) in [5.41, 5.74) is 18.7. The largest absolute Gasteiger partial charge is 0.456 e. The van der Waals surface area contributed by atoms with Gasteiger partial charge in [-0.2, -0.15) is 0 Å². The molecular weight excluding hydrogens is 731 g/mol. The minimum absolute atomic E-state index is 0.165. The Morgan fingerprint density at radius 3 is 1.72 bits per heavy atom. The van der Waals surface area contributed by atoms with Crippen molar-refractivity contribution in [2.45, 2.75) is 19.3 Å². The molecule has 0 saturated carbocycles. The van der Waals surface area contributed by atoms with Gasteiger partial charge in [0.15, 0.2) is 0 Å². The number of nitrogens with zero attached hydrogens (tertiary/aromatic N) is 1. The minimum Gasteiger partial charge on any atom is -0.456 e. The highest BCUT2D eigenvalue weighted by atomic mass is 16.3. The zero-order valence-electron chi connectivity index (χ0n) is 33.3. The molecule has 0 bridgehead atoms. The second-order valence-corrected chi connectivity index (χ2v) is 16.5. The molecule has 0 aliphatic heterocycles. The van der Waals surface area contributed by atoms with Crippen LogP contribution in [0.2, 0.25) is 0 Å². The van der Waals surface area contributed by atoms with Gasteiger partial charge in [0, 0.05) is 32.8 Å². The van der Waals surface area contributed by atoms with Gasteiger partial charge in [0.2, 0.25) is 0 Å². The lowest BCUT2D eigenvalue weighted by atomic mass is 9.82. The maximum atomic E-state index is 6.81. The van der Waals surface area contributed by atoms with Crippen LogP contribution in [0.3, 0.4) is 0 Å². The van der Waals surface area contributed by atoms with E-state index >= 15 is 0 Å². The summed E-state index contributed by atoms with van der Waals surface area (Å²) in [5.74, 6) is 0. The third kappa shape index (κ3) is 5.29. The Kier molecular flexibility index (Phi) is 7.58. The van der Waals surface area contributed by atoms with Crippen molar-refractivity contribution in [3.63, 3.8) is 0 Å². The highest BCUT2D eigenvalue weighted by molar-refractivity contribution is 6.19. The van der Waals surface area contributed by atoms with Gasteiger partial charge in [-0.25, -0.2) is 0 Å². The second kappa shape index (κ2) is 13.2. The molecule has 1 aliphatic carbocycles. The number of fused-ring (bicyclic) bond motifs is 9. The Balaban J connectivity index is 1.08. The molecule has 12 rings (SSSR count). The molecule has 0 amide bonds. The van der Waals surface area contributed by atoms with Gasteiger partial charge in [0.05, 0.1) is 16.8 Å². The maximum absolute atomic E-state index is 6.81. The number of benzene rings is 9. The van der Waals surface area contributed by atoms with Gasteiger partial charge in [0.25, 0.3) is 0 Å². The van der Waals surface area contributed by atoms with Crippen LogP contribution in [0.5, 0.6) is 0 Å². The average Bonchev–Trinajstić information content (AvgIpc) is 3.93. The highest BCUT2D eigenvalue weighted by Crippen LogP contribution is 2.52. The van der Waals surface area contributed by atoms with Crippen LogP contribution < -0.4 is 4.90 Å². The topological polar surface area (TPSA) is 29.5 Å². The van der Waals surface area contributed by atoms with Crippen LogP contribution in [-0.2, 0) is 5.41 Å². The van der Waals surface area contributed by atoms with Crippen LogP contribution in [-0.4, -0.2) is 0 Å². The second-order valence-electron chi connectivity index (χ2n) is 16.5. The smallest absolute Gasteiger partial charge is 0.137 e. The number of para-hydroxylation sites is 1. The molecule has 1 aliphatic rings. The van der Waals surface area contributed by atoms with Crippen molar-refractivity contribution >= 4 is 60.9 Å². The fourth-order valence-corrected chi connectivity index (χ4v) is 9.70. The summed E-state index contributed by atoms with van der Waals surface area (Å²) in [5, 5.41) is 4.16. The minimum atomic E-state index is -0.165. The first-order chi connectivity index (χ1) is 29.5. The van der Waals surface area contributed by atoms with Crippen LogP contribution in [0.4, 0.5) is 17.1 Å². The molecule has 0 radical (unpaired) electrons. The van der Waals surface area contributed by atoms with E-state index in [1.54, 1.807) is 0 Å². The van der Waals surface area contributed by atoms with E-state index in [2.05, 4.69) is 219 Å². The number of anilines is 3. The molecule has 0 saturated heterocycles. The van der Waals surface area contributed by atoms with Crippen molar-refractivity contribution in [1.29, 1.82) is 0 Å². The fraction of sp³-hybridized carbons (Fsp3) is 0.0526. The molecule has 3 heteroatoms. The summed E-state index contributed by atoms with van der Waals surface area (Å²) in [6.07, 6.45) is 0. The van der Waals surface area contributed by atoms with E-state index in [0.29, 0.717) is 0 Å². The zero-order valence-corrected chi connectivity index (χ0v) is 33.3. The predicted molar refractivity (Wildman–Crippen MR) is 250 cm³/mol. The van der Waals surface area contributed by atoms with E-state index < -0.39 is 0 Å². The lowest BCUT2D eigenvalue weighted by Crippen LogP contribution is -2.17. The van der Waals surface area contributed by atoms with Crippen molar-refractivity contribution in [3.8, 4) is 44.5 Å². The first-order valence-electron chi connectivity index (χ1n) is 20.7. The molecule has 9 aromatic carbocycles.